The molecule has 2 aromatic carbocycles. The number of carbonyl (C=O) groups excluding carboxylic acids is 1. The Kier molecular flexibility index (Phi) is 8.30. The van der Waals surface area contributed by atoms with E-state index in [0.717, 1.165) is 53.8 Å². The maximum absolute atomic E-state index is 12.1. The van der Waals surface area contributed by atoms with Gasteiger partial charge in [0.25, 0.3) is 0 Å². The number of carbonyl (C=O) groups is 1. The van der Waals surface area contributed by atoms with Gasteiger partial charge in [0.1, 0.15) is 5.52 Å². The normalized spacial score (nSPS) is 14.4. The number of fused-ring (bicyclic) bond motifs is 1. The largest absolute Gasteiger partial charge is 0.493 e. The number of thiazole rings is 1. The van der Waals surface area contributed by atoms with Crippen molar-refractivity contribution in [1.29, 1.82) is 0 Å². The van der Waals surface area contributed by atoms with Gasteiger partial charge in [-0.15, -0.1) is 11.8 Å². The van der Waals surface area contributed by atoms with Crippen LogP contribution in [-0.4, -0.2) is 75.0 Å². The summed E-state index contributed by atoms with van der Waals surface area (Å²) in [7, 11) is 3.29. The fraction of sp³-hybridized carbons (Fsp3) is 0.417. The Morgan fingerprint density at radius 1 is 1.09 bits per heavy atom. The zero-order chi connectivity index (χ0) is 23.0. The van der Waals surface area contributed by atoms with Crippen LogP contribution in [-0.2, 0) is 4.79 Å². The molecule has 0 spiro atoms. The van der Waals surface area contributed by atoms with Crippen molar-refractivity contribution in [2.45, 2.75) is 11.3 Å². The maximum Gasteiger partial charge on any atom is 0.220 e. The van der Waals surface area contributed by atoms with Gasteiger partial charge in [0.15, 0.2) is 16.6 Å². The molecule has 33 heavy (non-hydrogen) atoms. The molecule has 1 aromatic heterocycles. The Hall–Kier alpha value is -2.49. The zero-order valence-electron chi connectivity index (χ0n) is 19.1. The molecule has 0 atom stereocenters. The summed E-state index contributed by atoms with van der Waals surface area (Å²) in [6, 6.07) is 14.2. The molecule has 2 heterocycles. The second-order valence-corrected chi connectivity index (χ2v) is 9.91. The predicted molar refractivity (Wildman–Crippen MR) is 136 cm³/mol. The first kappa shape index (κ1) is 23.7. The minimum absolute atomic E-state index is 0.121. The van der Waals surface area contributed by atoms with E-state index in [1.807, 2.05) is 30.3 Å². The lowest BCUT2D eigenvalue weighted by Gasteiger charge is -2.34. The number of thioether (sulfide) groups is 1. The highest BCUT2D eigenvalue weighted by atomic mass is 32.2. The van der Waals surface area contributed by atoms with Gasteiger partial charge in [-0.05, 0) is 24.3 Å². The average molecular weight is 487 g/mol. The molecule has 1 amide bonds. The van der Waals surface area contributed by atoms with Crippen LogP contribution in [0.5, 0.6) is 11.5 Å². The summed E-state index contributed by atoms with van der Waals surface area (Å²) < 4.78 is 12.0. The third-order valence-corrected chi connectivity index (χ3v) is 7.72. The molecule has 7 nitrogen and oxygen atoms in total. The van der Waals surface area contributed by atoms with Crippen molar-refractivity contribution in [2.75, 3.05) is 64.1 Å². The number of nitrogens with zero attached hydrogens (tertiary/aromatic N) is 3. The number of amides is 1. The number of anilines is 1. The third kappa shape index (κ3) is 6.10. The van der Waals surface area contributed by atoms with Crippen LogP contribution >= 0.6 is 23.1 Å². The summed E-state index contributed by atoms with van der Waals surface area (Å²) in [5.41, 5.74) is 0.854. The van der Waals surface area contributed by atoms with Crippen LogP contribution in [0.1, 0.15) is 6.42 Å². The first-order chi connectivity index (χ1) is 16.2. The van der Waals surface area contributed by atoms with Gasteiger partial charge in [0.2, 0.25) is 5.91 Å². The molecule has 1 saturated heterocycles. The number of methoxy groups -OCH3 is 2. The quantitative estimate of drug-likeness (QED) is 0.438. The smallest absolute Gasteiger partial charge is 0.220 e. The van der Waals surface area contributed by atoms with Crippen molar-refractivity contribution in [3.8, 4) is 11.5 Å². The van der Waals surface area contributed by atoms with Gasteiger partial charge in [-0.3, -0.25) is 9.69 Å². The van der Waals surface area contributed by atoms with Crippen molar-refractivity contribution in [3.05, 3.63) is 42.5 Å². The summed E-state index contributed by atoms with van der Waals surface area (Å²) in [4.78, 5) is 22.9. The second-order valence-electron chi connectivity index (χ2n) is 7.73. The van der Waals surface area contributed by atoms with Crippen LogP contribution in [0.2, 0.25) is 0 Å². The number of hydrogen-bond donors (Lipinski definition) is 1. The van der Waals surface area contributed by atoms with Crippen molar-refractivity contribution in [3.63, 3.8) is 0 Å². The maximum atomic E-state index is 12.1. The molecule has 0 saturated carbocycles. The van der Waals surface area contributed by atoms with Crippen molar-refractivity contribution >= 4 is 44.4 Å². The molecule has 0 radical (unpaired) electrons. The average Bonchev–Trinajstić information content (AvgIpc) is 3.29. The van der Waals surface area contributed by atoms with Crippen LogP contribution in [0, 0.1) is 0 Å². The SMILES string of the molecule is COc1ccc2sc(N3CCN(CCNC(=O)CCSc4ccccc4)CC3)nc2c1OC. The Balaban J connectivity index is 1.19. The number of aromatic nitrogens is 1. The van der Waals surface area contributed by atoms with E-state index >= 15 is 0 Å². The summed E-state index contributed by atoms with van der Waals surface area (Å²) >= 11 is 3.40. The van der Waals surface area contributed by atoms with Gasteiger partial charge in [0, 0.05) is 56.3 Å². The number of hydrogen-bond acceptors (Lipinski definition) is 8. The van der Waals surface area contributed by atoms with E-state index in [1.54, 1.807) is 37.3 Å². The monoisotopic (exact) mass is 486 g/mol. The molecule has 0 unspecified atom stereocenters. The highest BCUT2D eigenvalue weighted by Crippen LogP contribution is 2.40. The van der Waals surface area contributed by atoms with Crippen LogP contribution in [0.3, 0.4) is 0 Å². The van der Waals surface area contributed by atoms with Crippen molar-refractivity contribution in [2.24, 2.45) is 0 Å². The van der Waals surface area contributed by atoms with Crippen LogP contribution in [0.25, 0.3) is 10.2 Å². The molecule has 9 heteroatoms. The second kappa shape index (κ2) is 11.6. The summed E-state index contributed by atoms with van der Waals surface area (Å²) in [5, 5.41) is 4.07. The van der Waals surface area contributed by atoms with Crippen LogP contribution in [0.4, 0.5) is 5.13 Å². The number of rotatable bonds is 10. The Labute approximate surface area is 203 Å². The molecule has 1 aliphatic heterocycles. The standard InChI is InChI=1S/C24H30N4O3S2/c1-30-19-8-9-20-22(23(19)31-2)26-24(33-20)28-15-13-27(14-16-28)12-11-25-21(29)10-17-32-18-6-4-3-5-7-18/h3-9H,10-17H2,1-2H3,(H,25,29). The van der Waals surface area contributed by atoms with Gasteiger partial charge < -0.3 is 19.7 Å². The first-order valence-corrected chi connectivity index (χ1v) is 12.9. The summed E-state index contributed by atoms with van der Waals surface area (Å²) in [6.07, 6.45) is 0.541. The minimum atomic E-state index is 0.121. The lowest BCUT2D eigenvalue weighted by Crippen LogP contribution is -2.48. The van der Waals surface area contributed by atoms with Crippen LogP contribution < -0.4 is 19.7 Å². The van der Waals surface area contributed by atoms with Crippen molar-refractivity contribution in [1.82, 2.24) is 15.2 Å². The predicted octanol–water partition coefficient (Wildman–Crippen LogP) is 3.73. The van der Waals surface area contributed by atoms with Gasteiger partial charge >= 0.3 is 0 Å². The Morgan fingerprint density at radius 2 is 1.88 bits per heavy atom. The van der Waals surface area contributed by atoms with E-state index in [0.29, 0.717) is 24.5 Å². The molecule has 4 rings (SSSR count). The zero-order valence-corrected chi connectivity index (χ0v) is 20.7. The lowest BCUT2D eigenvalue weighted by atomic mass is 10.3. The molecule has 0 bridgehead atoms. The van der Waals surface area contributed by atoms with E-state index < -0.39 is 0 Å². The molecule has 1 N–H and O–H groups in total. The molecular formula is C24H30N4O3S2. The molecule has 176 valence electrons. The number of piperazine rings is 1. The van der Waals surface area contributed by atoms with Gasteiger partial charge in [-0.1, -0.05) is 29.5 Å². The van der Waals surface area contributed by atoms with E-state index in [-0.39, 0.29) is 5.91 Å². The summed E-state index contributed by atoms with van der Waals surface area (Å²) in [5.74, 6) is 2.31. The van der Waals surface area contributed by atoms with E-state index in [2.05, 4.69) is 27.2 Å². The van der Waals surface area contributed by atoms with Gasteiger partial charge in [-0.2, -0.15) is 0 Å². The topological polar surface area (TPSA) is 66.9 Å². The first-order valence-electron chi connectivity index (χ1n) is 11.1. The minimum Gasteiger partial charge on any atom is -0.493 e. The number of nitrogens with one attached hydrogen (secondary N) is 1. The molecular weight excluding hydrogens is 456 g/mol. The fourth-order valence-electron chi connectivity index (χ4n) is 3.82. The van der Waals surface area contributed by atoms with E-state index in [4.69, 9.17) is 14.5 Å². The van der Waals surface area contributed by atoms with Crippen LogP contribution in [0.15, 0.2) is 47.4 Å². The van der Waals surface area contributed by atoms with Gasteiger partial charge in [0.05, 0.1) is 18.9 Å². The third-order valence-electron chi connectivity index (χ3n) is 5.63. The molecule has 0 aliphatic carbocycles. The molecule has 1 aliphatic rings. The number of ether oxygens (including phenoxy) is 2. The number of benzene rings is 2. The molecule has 3 aromatic rings. The Bertz CT molecular complexity index is 1050. The highest BCUT2D eigenvalue weighted by Gasteiger charge is 2.21. The summed E-state index contributed by atoms with van der Waals surface area (Å²) in [6.45, 7) is 5.30. The van der Waals surface area contributed by atoms with Gasteiger partial charge in [-0.25, -0.2) is 4.98 Å². The highest BCUT2D eigenvalue weighted by molar-refractivity contribution is 7.99. The van der Waals surface area contributed by atoms with E-state index in [9.17, 15) is 4.79 Å². The lowest BCUT2D eigenvalue weighted by molar-refractivity contribution is -0.120. The fourth-order valence-corrected chi connectivity index (χ4v) is 5.70. The van der Waals surface area contributed by atoms with E-state index in [1.165, 1.54) is 4.90 Å². The molecule has 1 fully saturated rings. The Morgan fingerprint density at radius 3 is 2.61 bits per heavy atom. The van der Waals surface area contributed by atoms with Crippen molar-refractivity contribution < 1.29 is 14.3 Å².